The van der Waals surface area contributed by atoms with Gasteiger partial charge < -0.3 is 10.2 Å². The molecule has 0 bridgehead atoms. The second-order valence-corrected chi connectivity index (χ2v) is 3.45. The number of nitro benzene ring substituents is 1. The van der Waals surface area contributed by atoms with Crippen LogP contribution in [0.15, 0.2) is 42.5 Å². The highest BCUT2D eigenvalue weighted by Gasteiger charge is 2.19. The Labute approximate surface area is 96.7 Å². The molecule has 0 fully saturated rings. The van der Waals surface area contributed by atoms with Crippen LogP contribution in [0.5, 0.6) is 11.5 Å². The Hall–Kier alpha value is -2.56. The van der Waals surface area contributed by atoms with Crippen molar-refractivity contribution in [3.63, 3.8) is 0 Å². The summed E-state index contributed by atoms with van der Waals surface area (Å²) in [4.78, 5) is 10.3. The van der Waals surface area contributed by atoms with Gasteiger partial charge in [-0.15, -0.1) is 0 Å². The first-order valence-electron chi connectivity index (χ1n) is 4.86. The zero-order valence-electron chi connectivity index (χ0n) is 8.70. The summed E-state index contributed by atoms with van der Waals surface area (Å²) in [5, 5.41) is 30.2. The van der Waals surface area contributed by atoms with Gasteiger partial charge in [0.25, 0.3) is 5.69 Å². The molecular weight excluding hydrogens is 222 g/mol. The molecule has 0 aliphatic carbocycles. The fourth-order valence-electron chi connectivity index (χ4n) is 1.65. The number of hydrogen-bond acceptors (Lipinski definition) is 4. The van der Waals surface area contributed by atoms with E-state index >= 15 is 0 Å². The molecule has 0 saturated carbocycles. The lowest BCUT2D eigenvalue weighted by Crippen LogP contribution is -1.92. The number of benzene rings is 2. The molecule has 0 aliphatic heterocycles. The maximum Gasteiger partial charge on any atom is 0.277 e. The van der Waals surface area contributed by atoms with E-state index in [2.05, 4.69) is 0 Å². The zero-order valence-corrected chi connectivity index (χ0v) is 8.70. The van der Waals surface area contributed by atoms with Gasteiger partial charge in [-0.05, 0) is 18.2 Å². The SMILES string of the molecule is O=[N+]([O-])c1ccccc1-c1c(O)cccc1O. The first kappa shape index (κ1) is 10.9. The van der Waals surface area contributed by atoms with Crippen LogP contribution in [0.4, 0.5) is 5.69 Å². The summed E-state index contributed by atoms with van der Waals surface area (Å²) < 4.78 is 0. The smallest absolute Gasteiger partial charge is 0.277 e. The average Bonchev–Trinajstić information content (AvgIpc) is 2.29. The maximum atomic E-state index is 10.9. The average molecular weight is 231 g/mol. The molecule has 0 spiro atoms. The summed E-state index contributed by atoms with van der Waals surface area (Å²) in [6.45, 7) is 0. The fraction of sp³-hybridized carbons (Fsp3) is 0. The van der Waals surface area contributed by atoms with Gasteiger partial charge in [-0.2, -0.15) is 0 Å². The van der Waals surface area contributed by atoms with E-state index in [0.717, 1.165) is 0 Å². The van der Waals surface area contributed by atoms with Gasteiger partial charge in [0.2, 0.25) is 0 Å². The van der Waals surface area contributed by atoms with Crippen molar-refractivity contribution < 1.29 is 15.1 Å². The molecule has 0 atom stereocenters. The highest BCUT2D eigenvalue weighted by atomic mass is 16.6. The van der Waals surface area contributed by atoms with Crippen molar-refractivity contribution in [2.24, 2.45) is 0 Å². The van der Waals surface area contributed by atoms with Crippen LogP contribution in [0.2, 0.25) is 0 Å². The van der Waals surface area contributed by atoms with Gasteiger partial charge >= 0.3 is 0 Å². The monoisotopic (exact) mass is 231 g/mol. The molecule has 0 aromatic heterocycles. The molecule has 0 amide bonds. The number of aromatic hydroxyl groups is 2. The van der Waals surface area contributed by atoms with E-state index in [1.807, 2.05) is 0 Å². The molecule has 2 aromatic carbocycles. The van der Waals surface area contributed by atoms with E-state index in [4.69, 9.17) is 0 Å². The fourth-order valence-corrected chi connectivity index (χ4v) is 1.65. The van der Waals surface area contributed by atoms with Crippen LogP contribution in [0.1, 0.15) is 0 Å². The van der Waals surface area contributed by atoms with Crippen molar-refractivity contribution in [1.82, 2.24) is 0 Å². The van der Waals surface area contributed by atoms with E-state index in [1.54, 1.807) is 6.07 Å². The number of para-hydroxylation sites is 1. The summed E-state index contributed by atoms with van der Waals surface area (Å²) in [5.41, 5.74) is 0.0946. The van der Waals surface area contributed by atoms with Crippen molar-refractivity contribution in [3.05, 3.63) is 52.6 Å². The van der Waals surface area contributed by atoms with Crippen molar-refractivity contribution in [2.45, 2.75) is 0 Å². The minimum Gasteiger partial charge on any atom is -0.507 e. The number of rotatable bonds is 2. The van der Waals surface area contributed by atoms with Crippen LogP contribution < -0.4 is 0 Å². The van der Waals surface area contributed by atoms with E-state index in [-0.39, 0.29) is 28.3 Å². The second-order valence-electron chi connectivity index (χ2n) is 3.45. The van der Waals surface area contributed by atoms with Gasteiger partial charge in [-0.3, -0.25) is 10.1 Å². The molecule has 0 radical (unpaired) electrons. The minimum atomic E-state index is -0.554. The Morgan fingerprint density at radius 2 is 1.53 bits per heavy atom. The van der Waals surface area contributed by atoms with E-state index in [9.17, 15) is 20.3 Å². The van der Waals surface area contributed by atoms with Gasteiger partial charge in [0, 0.05) is 6.07 Å². The Bertz CT molecular complexity index is 560. The third kappa shape index (κ3) is 1.90. The summed E-state index contributed by atoms with van der Waals surface area (Å²) >= 11 is 0. The number of phenols is 2. The lowest BCUT2D eigenvalue weighted by atomic mass is 10.0. The molecule has 5 nitrogen and oxygen atoms in total. The molecule has 86 valence electrons. The maximum absolute atomic E-state index is 10.9. The highest BCUT2D eigenvalue weighted by Crippen LogP contribution is 2.40. The Morgan fingerprint density at radius 1 is 0.941 bits per heavy atom. The highest BCUT2D eigenvalue weighted by molar-refractivity contribution is 5.82. The van der Waals surface area contributed by atoms with Crippen LogP contribution in [0, 0.1) is 10.1 Å². The largest absolute Gasteiger partial charge is 0.507 e. The van der Waals surface area contributed by atoms with E-state index < -0.39 is 4.92 Å². The summed E-state index contributed by atoms with van der Waals surface area (Å²) in [5.74, 6) is -0.390. The molecular formula is C12H9NO4. The molecule has 17 heavy (non-hydrogen) atoms. The minimum absolute atomic E-state index is 0.0693. The van der Waals surface area contributed by atoms with Crippen molar-refractivity contribution >= 4 is 5.69 Å². The zero-order chi connectivity index (χ0) is 12.4. The Morgan fingerprint density at radius 3 is 2.12 bits per heavy atom. The van der Waals surface area contributed by atoms with E-state index in [0.29, 0.717) is 0 Å². The lowest BCUT2D eigenvalue weighted by molar-refractivity contribution is -0.384. The van der Waals surface area contributed by atoms with Crippen molar-refractivity contribution in [2.75, 3.05) is 0 Å². The Balaban J connectivity index is 2.73. The summed E-state index contributed by atoms with van der Waals surface area (Å²) in [7, 11) is 0. The number of hydrogen-bond donors (Lipinski definition) is 2. The number of nitro groups is 1. The normalized spacial score (nSPS) is 10.1. The van der Waals surface area contributed by atoms with Gasteiger partial charge in [-0.1, -0.05) is 18.2 Å². The predicted molar refractivity (Wildman–Crippen MR) is 61.9 cm³/mol. The van der Waals surface area contributed by atoms with Crippen LogP contribution in [0.3, 0.4) is 0 Å². The van der Waals surface area contributed by atoms with Crippen LogP contribution >= 0.6 is 0 Å². The van der Waals surface area contributed by atoms with Crippen molar-refractivity contribution in [3.8, 4) is 22.6 Å². The second kappa shape index (κ2) is 4.13. The van der Waals surface area contributed by atoms with Gasteiger partial charge in [0.15, 0.2) is 0 Å². The molecule has 2 N–H and O–H groups in total. The van der Waals surface area contributed by atoms with Gasteiger partial charge in [-0.25, -0.2) is 0 Å². The molecule has 5 heteroatoms. The topological polar surface area (TPSA) is 83.6 Å². The van der Waals surface area contributed by atoms with Crippen LogP contribution in [-0.2, 0) is 0 Å². The standard InChI is InChI=1S/C12H9NO4/c14-10-6-3-7-11(15)12(10)8-4-1-2-5-9(8)13(16)17/h1-7,14-15H. The number of nitrogens with zero attached hydrogens (tertiary/aromatic N) is 1. The first-order valence-corrected chi connectivity index (χ1v) is 4.86. The van der Waals surface area contributed by atoms with Crippen LogP contribution in [0.25, 0.3) is 11.1 Å². The van der Waals surface area contributed by atoms with Gasteiger partial charge in [0.1, 0.15) is 11.5 Å². The first-order chi connectivity index (χ1) is 8.11. The summed E-state index contributed by atoms with van der Waals surface area (Å²) in [6, 6.07) is 10.1. The lowest BCUT2D eigenvalue weighted by Gasteiger charge is -2.07. The quantitative estimate of drug-likeness (QED) is 0.614. The molecule has 2 rings (SSSR count). The van der Waals surface area contributed by atoms with Crippen LogP contribution in [-0.4, -0.2) is 15.1 Å². The van der Waals surface area contributed by atoms with Gasteiger partial charge in [0.05, 0.1) is 16.1 Å². The van der Waals surface area contributed by atoms with E-state index in [1.165, 1.54) is 36.4 Å². The predicted octanol–water partition coefficient (Wildman–Crippen LogP) is 2.67. The van der Waals surface area contributed by atoms with Crippen molar-refractivity contribution in [1.29, 1.82) is 0 Å². The molecule has 0 aliphatic rings. The third-order valence-corrected chi connectivity index (χ3v) is 2.39. The molecule has 0 heterocycles. The number of phenolic OH excluding ortho intramolecular Hbond substituents is 2. The third-order valence-electron chi connectivity index (χ3n) is 2.39. The molecule has 0 unspecified atom stereocenters. The molecule has 0 saturated heterocycles. The Kier molecular flexibility index (Phi) is 2.66. The summed E-state index contributed by atoms with van der Waals surface area (Å²) in [6.07, 6.45) is 0. The molecule has 2 aromatic rings.